The van der Waals surface area contributed by atoms with Gasteiger partial charge in [-0.1, -0.05) is 68.0 Å². The van der Waals surface area contributed by atoms with E-state index in [-0.39, 0.29) is 22.4 Å². The van der Waals surface area contributed by atoms with E-state index in [9.17, 15) is 14.3 Å². The molecule has 41 heavy (non-hydrogen) atoms. The Bertz CT molecular complexity index is 1500. The highest BCUT2D eigenvalue weighted by Crippen LogP contribution is 2.33. The van der Waals surface area contributed by atoms with Crippen LogP contribution in [0.5, 0.6) is 11.5 Å². The highest BCUT2D eigenvalue weighted by molar-refractivity contribution is 5.91. The molecule has 0 bridgehead atoms. The minimum Gasteiger partial charge on any atom is -0.493 e. The molecule has 0 saturated carbocycles. The quantitative estimate of drug-likeness (QED) is 0.0814. The number of hydrogen-bond donors (Lipinski definition) is 1. The second-order valence-corrected chi connectivity index (χ2v) is 9.55. The van der Waals surface area contributed by atoms with Crippen molar-refractivity contribution in [3.05, 3.63) is 120 Å². The molecule has 0 aliphatic heterocycles. The third kappa shape index (κ3) is 7.24. The monoisotopic (exact) mass is 560 g/mol. The van der Waals surface area contributed by atoms with Gasteiger partial charge in [-0.2, -0.15) is 0 Å². The fraction of sp³-hybridized carbons (Fsp3) is 0.206. The predicted molar refractivity (Wildman–Crippen MR) is 153 cm³/mol. The SMILES string of the molecule is C=CCCCOc1ccc(C(=O)Oc2ccc(-c3ccc(-c4ccc(C(O)CCC)cc4)c(F)c3F)cc2)c(F)c1. The lowest BCUT2D eigenvalue weighted by molar-refractivity contribution is 0.0730. The third-order valence-corrected chi connectivity index (χ3v) is 6.61. The lowest BCUT2D eigenvalue weighted by Gasteiger charge is -2.12. The molecule has 0 fully saturated rings. The maximum atomic E-state index is 15.1. The number of aliphatic hydroxyl groups is 1. The van der Waals surface area contributed by atoms with E-state index in [0.717, 1.165) is 30.9 Å². The van der Waals surface area contributed by atoms with Gasteiger partial charge in [0.25, 0.3) is 0 Å². The van der Waals surface area contributed by atoms with Crippen LogP contribution in [0.3, 0.4) is 0 Å². The molecule has 0 saturated heterocycles. The molecule has 1 N–H and O–H groups in total. The summed E-state index contributed by atoms with van der Waals surface area (Å²) in [5.74, 6) is -3.28. The lowest BCUT2D eigenvalue weighted by atomic mass is 9.97. The van der Waals surface area contributed by atoms with Gasteiger partial charge < -0.3 is 14.6 Å². The second kappa shape index (κ2) is 13.8. The van der Waals surface area contributed by atoms with Crippen LogP contribution in [0.25, 0.3) is 22.3 Å². The molecule has 0 spiro atoms. The summed E-state index contributed by atoms with van der Waals surface area (Å²) in [6, 6.07) is 19.4. The molecule has 0 aliphatic carbocycles. The largest absolute Gasteiger partial charge is 0.493 e. The average Bonchev–Trinajstić information content (AvgIpc) is 2.97. The maximum absolute atomic E-state index is 15.1. The molecular formula is C34H31F3O4. The van der Waals surface area contributed by atoms with E-state index in [2.05, 4.69) is 6.58 Å². The van der Waals surface area contributed by atoms with Crippen LogP contribution in [-0.4, -0.2) is 17.7 Å². The van der Waals surface area contributed by atoms with Crippen molar-refractivity contribution < 1.29 is 32.5 Å². The Hall–Kier alpha value is -4.36. The zero-order chi connectivity index (χ0) is 29.4. The highest BCUT2D eigenvalue weighted by Gasteiger charge is 2.18. The number of benzene rings is 4. The summed E-state index contributed by atoms with van der Waals surface area (Å²) in [4.78, 5) is 12.5. The molecule has 7 heteroatoms. The number of allylic oxidation sites excluding steroid dienone is 1. The second-order valence-electron chi connectivity index (χ2n) is 9.55. The van der Waals surface area contributed by atoms with E-state index >= 15 is 8.78 Å². The fourth-order valence-corrected chi connectivity index (χ4v) is 4.35. The summed E-state index contributed by atoms with van der Waals surface area (Å²) in [6.45, 7) is 6.00. The van der Waals surface area contributed by atoms with Crippen LogP contribution in [0.2, 0.25) is 0 Å². The lowest BCUT2D eigenvalue weighted by Crippen LogP contribution is -2.11. The first-order chi connectivity index (χ1) is 19.8. The number of esters is 1. The third-order valence-electron chi connectivity index (χ3n) is 6.61. The number of ether oxygens (including phenoxy) is 2. The number of aliphatic hydroxyl groups excluding tert-OH is 1. The van der Waals surface area contributed by atoms with Gasteiger partial charge >= 0.3 is 5.97 Å². The van der Waals surface area contributed by atoms with E-state index in [0.29, 0.717) is 29.9 Å². The van der Waals surface area contributed by atoms with Gasteiger partial charge in [-0.05, 0) is 60.2 Å². The van der Waals surface area contributed by atoms with Crippen molar-refractivity contribution in [3.8, 4) is 33.8 Å². The molecular weight excluding hydrogens is 529 g/mol. The standard InChI is InChI=1S/C34H31F3O4/c1-3-5-6-20-40-26-16-17-29(30(35)21-26)34(39)41-25-14-12-23(13-15-25)28-19-18-27(32(36)33(28)37)22-8-10-24(11-9-22)31(38)7-4-2/h3,8-19,21,31,38H,1,4-7,20H2,2H3. The molecule has 4 aromatic carbocycles. The van der Waals surface area contributed by atoms with Gasteiger partial charge in [0.2, 0.25) is 0 Å². The molecule has 4 aromatic rings. The van der Waals surface area contributed by atoms with Crippen molar-refractivity contribution in [2.45, 2.75) is 38.7 Å². The van der Waals surface area contributed by atoms with Gasteiger partial charge in [0.1, 0.15) is 17.3 Å². The molecule has 4 rings (SSSR count). The Morgan fingerprint density at radius 3 is 2.02 bits per heavy atom. The van der Waals surface area contributed by atoms with Crippen LogP contribution < -0.4 is 9.47 Å². The van der Waals surface area contributed by atoms with Crippen LogP contribution in [0.1, 0.15) is 54.6 Å². The van der Waals surface area contributed by atoms with E-state index < -0.39 is 29.5 Å². The van der Waals surface area contributed by atoms with E-state index in [1.165, 1.54) is 48.5 Å². The Morgan fingerprint density at radius 1 is 0.878 bits per heavy atom. The molecule has 0 aromatic heterocycles. The maximum Gasteiger partial charge on any atom is 0.346 e. The number of hydrogen-bond acceptors (Lipinski definition) is 4. The molecule has 212 valence electrons. The first-order valence-electron chi connectivity index (χ1n) is 13.4. The Labute approximate surface area is 237 Å². The fourth-order valence-electron chi connectivity index (χ4n) is 4.35. The van der Waals surface area contributed by atoms with Gasteiger partial charge in [-0.15, -0.1) is 6.58 Å². The van der Waals surface area contributed by atoms with Gasteiger partial charge in [-0.25, -0.2) is 18.0 Å². The molecule has 4 nitrogen and oxygen atoms in total. The van der Waals surface area contributed by atoms with Gasteiger partial charge in [0.15, 0.2) is 11.6 Å². The Balaban J connectivity index is 1.44. The van der Waals surface area contributed by atoms with Crippen LogP contribution in [0, 0.1) is 17.5 Å². The van der Waals surface area contributed by atoms with Crippen LogP contribution in [0.15, 0.2) is 91.5 Å². The van der Waals surface area contributed by atoms with Crippen molar-refractivity contribution in [2.24, 2.45) is 0 Å². The summed E-state index contributed by atoms with van der Waals surface area (Å²) < 4.78 is 55.4. The van der Waals surface area contributed by atoms with Crippen LogP contribution >= 0.6 is 0 Å². The number of carbonyl (C=O) groups is 1. The zero-order valence-electron chi connectivity index (χ0n) is 22.7. The summed E-state index contributed by atoms with van der Waals surface area (Å²) in [6.07, 6.45) is 4.13. The molecule has 0 radical (unpaired) electrons. The zero-order valence-corrected chi connectivity index (χ0v) is 22.7. The summed E-state index contributed by atoms with van der Waals surface area (Å²) >= 11 is 0. The molecule has 1 atom stereocenters. The number of rotatable bonds is 12. The highest BCUT2D eigenvalue weighted by atomic mass is 19.2. The van der Waals surface area contributed by atoms with Crippen molar-refractivity contribution in [1.29, 1.82) is 0 Å². The first-order valence-corrected chi connectivity index (χ1v) is 13.4. The molecule has 0 heterocycles. The van der Waals surface area contributed by atoms with Crippen molar-refractivity contribution in [3.63, 3.8) is 0 Å². The summed E-state index contributed by atoms with van der Waals surface area (Å²) in [7, 11) is 0. The predicted octanol–water partition coefficient (Wildman–Crippen LogP) is 8.84. The van der Waals surface area contributed by atoms with Gasteiger partial charge in [0, 0.05) is 17.2 Å². The summed E-state index contributed by atoms with van der Waals surface area (Å²) in [5.41, 5.74) is 1.45. The van der Waals surface area contributed by atoms with Crippen molar-refractivity contribution in [2.75, 3.05) is 6.61 Å². The smallest absolute Gasteiger partial charge is 0.346 e. The van der Waals surface area contributed by atoms with Crippen molar-refractivity contribution in [1.82, 2.24) is 0 Å². The van der Waals surface area contributed by atoms with Gasteiger partial charge in [-0.3, -0.25) is 0 Å². The van der Waals surface area contributed by atoms with E-state index in [1.807, 2.05) is 6.92 Å². The average molecular weight is 561 g/mol. The molecule has 1 unspecified atom stereocenters. The minimum absolute atomic E-state index is 0.0360. The van der Waals surface area contributed by atoms with E-state index in [4.69, 9.17) is 9.47 Å². The van der Waals surface area contributed by atoms with Gasteiger partial charge in [0.05, 0.1) is 18.3 Å². The Morgan fingerprint density at radius 2 is 1.46 bits per heavy atom. The number of halogens is 3. The first kappa shape index (κ1) is 29.6. The van der Waals surface area contributed by atoms with Crippen molar-refractivity contribution >= 4 is 5.97 Å². The number of unbranched alkanes of at least 4 members (excludes halogenated alkanes) is 1. The van der Waals surface area contributed by atoms with Crippen LogP contribution in [-0.2, 0) is 0 Å². The minimum atomic E-state index is -1.02. The Kier molecular flexibility index (Phi) is 9.98. The summed E-state index contributed by atoms with van der Waals surface area (Å²) in [5, 5.41) is 10.1. The molecule has 0 amide bonds. The normalized spacial score (nSPS) is 11.6. The van der Waals surface area contributed by atoms with E-state index in [1.54, 1.807) is 30.3 Å². The topological polar surface area (TPSA) is 55.8 Å². The number of carbonyl (C=O) groups excluding carboxylic acids is 1. The van der Waals surface area contributed by atoms with Crippen LogP contribution in [0.4, 0.5) is 13.2 Å². The molecule has 0 aliphatic rings.